The second kappa shape index (κ2) is 9.39. The average Bonchev–Trinajstić information content (AvgIpc) is 3.86. The molecule has 0 unspecified atom stereocenters. The third kappa shape index (κ3) is 3.62. The van der Waals surface area contributed by atoms with E-state index in [1.807, 2.05) is 54.7 Å². The van der Waals surface area contributed by atoms with Gasteiger partial charge in [0.25, 0.3) is 0 Å². The molecule has 0 spiro atoms. The Morgan fingerprint density at radius 2 is 1.46 bits per heavy atom. The second-order valence-corrected chi connectivity index (χ2v) is 11.8. The molecule has 0 saturated carbocycles. The first-order chi connectivity index (χ1) is 22.7. The molecule has 0 atom stereocenters. The summed E-state index contributed by atoms with van der Waals surface area (Å²) in [6.45, 7) is 0.733. The molecule has 7 nitrogen and oxygen atoms in total. The number of benzene rings is 5. The van der Waals surface area contributed by atoms with Crippen molar-refractivity contribution in [2.45, 2.75) is 0 Å². The van der Waals surface area contributed by atoms with Crippen molar-refractivity contribution in [1.82, 2.24) is 14.5 Å². The molecular weight excluding hydrogens is 572 g/mol. The molecule has 0 amide bonds. The van der Waals surface area contributed by atoms with Gasteiger partial charge in [-0.3, -0.25) is 4.57 Å². The van der Waals surface area contributed by atoms with Crippen molar-refractivity contribution in [2.75, 3.05) is 18.6 Å². The molecule has 4 aromatic heterocycles. The molecule has 0 bridgehead atoms. The third-order valence-corrected chi connectivity index (χ3v) is 8.99. The highest BCUT2D eigenvalue weighted by Gasteiger charge is 2.23. The molecule has 1 aliphatic heterocycles. The van der Waals surface area contributed by atoms with Crippen molar-refractivity contribution < 1.29 is 13.6 Å². The molecule has 0 fully saturated rings. The zero-order valence-electron chi connectivity index (χ0n) is 24.8. The fourth-order valence-electron chi connectivity index (χ4n) is 6.91. The van der Waals surface area contributed by atoms with Crippen molar-refractivity contribution in [1.29, 1.82) is 0 Å². The number of aromatic nitrogens is 2. The van der Waals surface area contributed by atoms with Crippen LogP contribution in [0.3, 0.4) is 0 Å². The van der Waals surface area contributed by atoms with E-state index in [4.69, 9.17) is 13.6 Å². The molecule has 9 aromatic rings. The number of anilines is 1. The first kappa shape index (κ1) is 25.2. The van der Waals surface area contributed by atoms with Crippen LogP contribution in [0, 0.1) is 0 Å². The molecule has 0 N–H and O–H groups in total. The van der Waals surface area contributed by atoms with Crippen LogP contribution in [0.5, 0.6) is 11.5 Å². The van der Waals surface area contributed by atoms with E-state index >= 15 is 0 Å². The average molecular weight is 599 g/mol. The van der Waals surface area contributed by atoms with Gasteiger partial charge in [-0.25, -0.2) is 4.98 Å². The zero-order valence-corrected chi connectivity index (χ0v) is 24.8. The van der Waals surface area contributed by atoms with E-state index in [9.17, 15) is 0 Å². The smallest absolute Gasteiger partial charge is 0.178 e. The molecule has 7 heteroatoms. The van der Waals surface area contributed by atoms with E-state index in [1.54, 1.807) is 0 Å². The SMILES string of the molecule is CN1C=CN(c2cc(Oc3ccc4c5ccccc5n(-c5ccccn5)c4c3)c3oc4ccc5c6ccccc6oc5c4c3c2)C1. The normalized spacial score (nSPS) is 13.5. The predicted molar refractivity (Wildman–Crippen MR) is 184 cm³/mol. The molecule has 46 heavy (non-hydrogen) atoms. The lowest BCUT2D eigenvalue weighted by molar-refractivity contribution is 0.475. The highest BCUT2D eigenvalue weighted by molar-refractivity contribution is 6.23. The Balaban J connectivity index is 1.20. The Morgan fingerprint density at radius 1 is 0.652 bits per heavy atom. The third-order valence-electron chi connectivity index (χ3n) is 8.99. The van der Waals surface area contributed by atoms with Crippen LogP contribution < -0.4 is 9.64 Å². The largest absolute Gasteiger partial charge is 0.455 e. The van der Waals surface area contributed by atoms with Gasteiger partial charge in [0.15, 0.2) is 11.3 Å². The molecule has 0 aliphatic carbocycles. The summed E-state index contributed by atoms with van der Waals surface area (Å²) in [6.07, 6.45) is 5.98. The minimum absolute atomic E-state index is 0.635. The number of fused-ring (bicyclic) bond motifs is 10. The van der Waals surface area contributed by atoms with Crippen LogP contribution in [-0.2, 0) is 0 Å². The van der Waals surface area contributed by atoms with Crippen LogP contribution in [0.15, 0.2) is 137 Å². The lowest BCUT2D eigenvalue weighted by Gasteiger charge is -2.19. The van der Waals surface area contributed by atoms with Gasteiger partial charge in [-0.2, -0.15) is 0 Å². The van der Waals surface area contributed by atoms with Crippen molar-refractivity contribution >= 4 is 71.4 Å². The molecule has 10 rings (SSSR count). The summed E-state index contributed by atoms with van der Waals surface area (Å²) in [5, 5.41) is 6.33. The first-order valence-corrected chi connectivity index (χ1v) is 15.3. The van der Waals surface area contributed by atoms with Gasteiger partial charge in [-0.15, -0.1) is 0 Å². The Kier molecular flexibility index (Phi) is 5.14. The zero-order chi connectivity index (χ0) is 30.4. The number of rotatable bonds is 4. The Labute approximate surface area is 262 Å². The van der Waals surface area contributed by atoms with E-state index < -0.39 is 0 Å². The van der Waals surface area contributed by atoms with Crippen LogP contribution >= 0.6 is 0 Å². The number of nitrogens with zero attached hydrogens (tertiary/aromatic N) is 4. The Morgan fingerprint density at radius 3 is 2.33 bits per heavy atom. The predicted octanol–water partition coefficient (Wildman–Crippen LogP) is 9.95. The molecule has 5 aromatic carbocycles. The van der Waals surface area contributed by atoms with Gasteiger partial charge >= 0.3 is 0 Å². The molecule has 5 heterocycles. The van der Waals surface area contributed by atoms with Gasteiger partial charge in [0.05, 0.1) is 23.1 Å². The summed E-state index contributed by atoms with van der Waals surface area (Å²) in [4.78, 5) is 9.02. The maximum Gasteiger partial charge on any atom is 0.178 e. The Hall–Kier alpha value is -6.21. The molecule has 1 aliphatic rings. The molecular formula is C39H26N4O3. The van der Waals surface area contributed by atoms with Gasteiger partial charge in [-0.1, -0.05) is 42.5 Å². The standard InChI is InChI=1S/C39H26N4O3/c1-41-18-19-42(23-41)24-20-30-37-34(16-15-29-28-9-3-5-11-33(28)45-39(29)37)46-38(30)35(21-24)44-25-13-14-27-26-8-2-4-10-31(26)43(32(27)22-25)36-12-6-7-17-40-36/h2-22H,23H2,1H3. The van der Waals surface area contributed by atoms with E-state index in [0.29, 0.717) is 17.1 Å². The summed E-state index contributed by atoms with van der Waals surface area (Å²) in [5.74, 6) is 2.19. The number of hydrogen-bond donors (Lipinski definition) is 0. The lowest BCUT2D eigenvalue weighted by atomic mass is 10.1. The number of pyridine rings is 1. The highest BCUT2D eigenvalue weighted by Crippen LogP contribution is 2.45. The van der Waals surface area contributed by atoms with Gasteiger partial charge in [0, 0.05) is 70.4 Å². The van der Waals surface area contributed by atoms with E-state index in [1.165, 1.54) is 0 Å². The van der Waals surface area contributed by atoms with Crippen molar-refractivity contribution in [3.05, 3.63) is 128 Å². The van der Waals surface area contributed by atoms with Crippen molar-refractivity contribution in [3.8, 4) is 17.3 Å². The fourth-order valence-corrected chi connectivity index (χ4v) is 6.91. The molecule has 0 saturated heterocycles. The molecule has 220 valence electrons. The minimum atomic E-state index is 0.635. The quantitative estimate of drug-likeness (QED) is 0.201. The van der Waals surface area contributed by atoms with E-state index in [0.717, 1.165) is 78.3 Å². The Bertz CT molecular complexity index is 2680. The number of para-hydroxylation sites is 2. The van der Waals surface area contributed by atoms with E-state index in [-0.39, 0.29) is 0 Å². The van der Waals surface area contributed by atoms with E-state index in [2.05, 4.69) is 99.5 Å². The second-order valence-electron chi connectivity index (χ2n) is 11.8. The number of furan rings is 2. The highest BCUT2D eigenvalue weighted by atomic mass is 16.5. The van der Waals surface area contributed by atoms with Gasteiger partial charge < -0.3 is 23.4 Å². The minimum Gasteiger partial charge on any atom is -0.455 e. The van der Waals surface area contributed by atoms with Crippen LogP contribution in [0.25, 0.3) is 71.5 Å². The van der Waals surface area contributed by atoms with Gasteiger partial charge in [-0.05, 0) is 54.6 Å². The van der Waals surface area contributed by atoms with Crippen molar-refractivity contribution in [2.24, 2.45) is 0 Å². The first-order valence-electron chi connectivity index (χ1n) is 15.3. The topological polar surface area (TPSA) is 59.8 Å². The van der Waals surface area contributed by atoms with Gasteiger partial charge in [0.2, 0.25) is 0 Å². The van der Waals surface area contributed by atoms with Crippen LogP contribution in [0.1, 0.15) is 0 Å². The fraction of sp³-hybridized carbons (Fsp3) is 0.0513. The maximum atomic E-state index is 6.79. The summed E-state index contributed by atoms with van der Waals surface area (Å²) < 4.78 is 22.0. The van der Waals surface area contributed by atoms with Gasteiger partial charge in [0.1, 0.15) is 28.3 Å². The van der Waals surface area contributed by atoms with Crippen LogP contribution in [0.2, 0.25) is 0 Å². The lowest BCUT2D eigenvalue weighted by Crippen LogP contribution is -2.21. The monoisotopic (exact) mass is 598 g/mol. The number of hydrogen-bond acceptors (Lipinski definition) is 6. The summed E-state index contributed by atoms with van der Waals surface area (Å²) in [6, 6.07) is 37.1. The summed E-state index contributed by atoms with van der Waals surface area (Å²) >= 11 is 0. The number of ether oxygens (including phenoxy) is 1. The van der Waals surface area contributed by atoms with Crippen molar-refractivity contribution in [3.63, 3.8) is 0 Å². The summed E-state index contributed by atoms with van der Waals surface area (Å²) in [5.41, 5.74) is 6.21. The molecule has 0 radical (unpaired) electrons. The van der Waals surface area contributed by atoms with Crippen LogP contribution in [0.4, 0.5) is 5.69 Å². The van der Waals surface area contributed by atoms with Crippen LogP contribution in [-0.4, -0.2) is 28.2 Å². The maximum absolute atomic E-state index is 6.79. The summed E-state index contributed by atoms with van der Waals surface area (Å²) in [7, 11) is 2.06.